The van der Waals surface area contributed by atoms with Crippen LogP contribution in [-0.4, -0.2) is 9.79 Å². The summed E-state index contributed by atoms with van der Waals surface area (Å²) in [6.07, 6.45) is 0. The Morgan fingerprint density at radius 3 is 2.46 bits per heavy atom. The van der Waals surface area contributed by atoms with E-state index in [9.17, 15) is 4.57 Å². The van der Waals surface area contributed by atoms with Crippen molar-refractivity contribution in [3.8, 4) is 0 Å². The molecular formula is C6H6Cl2NO3P. The predicted molar refractivity (Wildman–Crippen MR) is 52.1 cm³/mol. The van der Waals surface area contributed by atoms with Crippen molar-refractivity contribution >= 4 is 36.6 Å². The monoisotopic (exact) mass is 241 g/mol. The summed E-state index contributed by atoms with van der Waals surface area (Å²) in [5, 5.41) is 2.49. The summed E-state index contributed by atoms with van der Waals surface area (Å²) in [4.78, 5) is 17.2. The zero-order valence-corrected chi connectivity index (χ0v) is 8.64. The topological polar surface area (TPSA) is 69.6 Å². The van der Waals surface area contributed by atoms with Gasteiger partial charge in [0, 0.05) is 5.02 Å². The van der Waals surface area contributed by atoms with Gasteiger partial charge in [-0.2, -0.15) is 0 Å². The van der Waals surface area contributed by atoms with Crippen LogP contribution in [-0.2, 0) is 4.57 Å². The van der Waals surface area contributed by atoms with Gasteiger partial charge in [-0.25, -0.2) is 4.57 Å². The quantitative estimate of drug-likeness (QED) is 0.696. The van der Waals surface area contributed by atoms with E-state index in [4.69, 9.17) is 33.0 Å². The Bertz CT molecular complexity index is 365. The molecule has 0 radical (unpaired) electrons. The number of hydrogen-bond donors (Lipinski definition) is 3. The number of benzene rings is 1. The lowest BCUT2D eigenvalue weighted by Crippen LogP contribution is -1.94. The van der Waals surface area contributed by atoms with E-state index in [0.29, 0.717) is 5.02 Å². The molecule has 0 aliphatic rings. The van der Waals surface area contributed by atoms with Crippen LogP contribution in [0.2, 0.25) is 10.0 Å². The van der Waals surface area contributed by atoms with Crippen LogP contribution in [0.1, 0.15) is 0 Å². The summed E-state index contributed by atoms with van der Waals surface area (Å²) in [7, 11) is -4.33. The van der Waals surface area contributed by atoms with E-state index in [1.807, 2.05) is 5.09 Å². The smallest absolute Gasteiger partial charge is 0.308 e. The number of nitrogens with one attached hydrogen (secondary N) is 1. The Labute approximate surface area is 84.7 Å². The van der Waals surface area contributed by atoms with Gasteiger partial charge in [-0.05, 0) is 18.2 Å². The molecule has 0 aliphatic carbocycles. The van der Waals surface area contributed by atoms with Gasteiger partial charge in [0.05, 0.1) is 10.7 Å². The molecule has 0 amide bonds. The molecule has 0 unspecified atom stereocenters. The van der Waals surface area contributed by atoms with Crippen molar-refractivity contribution in [1.29, 1.82) is 0 Å². The highest BCUT2D eigenvalue weighted by atomic mass is 35.5. The van der Waals surface area contributed by atoms with Crippen LogP contribution in [0.5, 0.6) is 0 Å². The third kappa shape index (κ3) is 3.55. The average molecular weight is 242 g/mol. The van der Waals surface area contributed by atoms with E-state index in [1.54, 1.807) is 0 Å². The van der Waals surface area contributed by atoms with E-state index in [0.717, 1.165) is 0 Å². The molecule has 3 N–H and O–H groups in total. The SMILES string of the molecule is O=P(O)(O)Nc1cc(Cl)ccc1Cl. The van der Waals surface area contributed by atoms with Crippen LogP contribution in [0.15, 0.2) is 18.2 Å². The Hall–Kier alpha value is -0.250. The minimum atomic E-state index is -4.33. The molecule has 0 spiro atoms. The Morgan fingerprint density at radius 2 is 1.92 bits per heavy atom. The first-order chi connectivity index (χ1) is 5.88. The number of anilines is 1. The number of halogens is 2. The molecule has 7 heteroatoms. The van der Waals surface area contributed by atoms with E-state index in [1.165, 1.54) is 18.2 Å². The van der Waals surface area contributed by atoms with Gasteiger partial charge in [0.2, 0.25) is 0 Å². The molecule has 1 aromatic carbocycles. The standard InChI is InChI=1S/C6H6Cl2NO3P/c7-4-1-2-5(8)6(3-4)9-13(10,11)12/h1-3H,(H3,9,10,11,12). The van der Waals surface area contributed by atoms with Crippen molar-refractivity contribution in [2.75, 3.05) is 5.09 Å². The summed E-state index contributed by atoms with van der Waals surface area (Å²) in [6.45, 7) is 0. The second-order valence-corrected chi connectivity index (χ2v) is 4.44. The van der Waals surface area contributed by atoms with Crippen LogP contribution >= 0.6 is 30.9 Å². The molecule has 13 heavy (non-hydrogen) atoms. The van der Waals surface area contributed by atoms with E-state index in [-0.39, 0.29) is 10.7 Å². The minimum Gasteiger partial charge on any atom is -0.308 e. The summed E-state index contributed by atoms with van der Waals surface area (Å²) in [5.41, 5.74) is 0.113. The third-order valence-corrected chi connectivity index (χ3v) is 2.29. The van der Waals surface area contributed by atoms with Crippen molar-refractivity contribution < 1.29 is 14.4 Å². The average Bonchev–Trinajstić information content (AvgIpc) is 1.94. The predicted octanol–water partition coefficient (Wildman–Crippen LogP) is 2.50. The Balaban J connectivity index is 3.01. The van der Waals surface area contributed by atoms with Crippen LogP contribution in [0.4, 0.5) is 5.69 Å². The van der Waals surface area contributed by atoms with Crippen molar-refractivity contribution in [3.05, 3.63) is 28.2 Å². The first kappa shape index (κ1) is 10.8. The van der Waals surface area contributed by atoms with Gasteiger partial charge in [0.1, 0.15) is 0 Å². The highest BCUT2D eigenvalue weighted by Crippen LogP contribution is 2.38. The fourth-order valence-electron chi connectivity index (χ4n) is 0.740. The lowest BCUT2D eigenvalue weighted by atomic mass is 10.3. The highest BCUT2D eigenvalue weighted by Gasteiger charge is 2.14. The van der Waals surface area contributed by atoms with Gasteiger partial charge in [-0.1, -0.05) is 23.2 Å². The van der Waals surface area contributed by atoms with Crippen LogP contribution in [0, 0.1) is 0 Å². The molecule has 1 rings (SSSR count). The maximum Gasteiger partial charge on any atom is 0.427 e. The van der Waals surface area contributed by atoms with Gasteiger partial charge in [-0.15, -0.1) is 0 Å². The summed E-state index contributed by atoms with van der Waals surface area (Å²) in [6, 6.07) is 4.31. The lowest BCUT2D eigenvalue weighted by molar-refractivity contribution is 0.380. The van der Waals surface area contributed by atoms with E-state index in [2.05, 4.69) is 0 Å². The van der Waals surface area contributed by atoms with Crippen molar-refractivity contribution in [2.24, 2.45) is 0 Å². The Kier molecular flexibility index (Phi) is 3.22. The van der Waals surface area contributed by atoms with Crippen molar-refractivity contribution in [3.63, 3.8) is 0 Å². The maximum atomic E-state index is 10.5. The molecule has 4 nitrogen and oxygen atoms in total. The molecule has 0 atom stereocenters. The highest BCUT2D eigenvalue weighted by molar-refractivity contribution is 7.53. The molecule has 0 saturated heterocycles. The maximum absolute atomic E-state index is 10.5. The summed E-state index contributed by atoms with van der Waals surface area (Å²) < 4.78 is 10.5. The van der Waals surface area contributed by atoms with Gasteiger partial charge in [0.25, 0.3) is 0 Å². The third-order valence-electron chi connectivity index (χ3n) is 1.19. The molecular weight excluding hydrogens is 236 g/mol. The Morgan fingerprint density at radius 1 is 1.31 bits per heavy atom. The number of rotatable bonds is 2. The van der Waals surface area contributed by atoms with Gasteiger partial charge in [-0.3, -0.25) is 5.09 Å². The zero-order chi connectivity index (χ0) is 10.1. The number of hydrogen-bond acceptors (Lipinski definition) is 1. The first-order valence-corrected chi connectivity index (χ1v) is 5.54. The van der Waals surface area contributed by atoms with Gasteiger partial charge >= 0.3 is 7.75 Å². The molecule has 1 aromatic rings. The second-order valence-electron chi connectivity index (χ2n) is 2.28. The van der Waals surface area contributed by atoms with E-state index < -0.39 is 7.75 Å². The molecule has 0 aliphatic heterocycles. The first-order valence-electron chi connectivity index (χ1n) is 3.17. The normalized spacial score (nSPS) is 11.4. The molecule has 0 aromatic heterocycles. The van der Waals surface area contributed by atoms with Crippen LogP contribution in [0.3, 0.4) is 0 Å². The minimum absolute atomic E-state index is 0.113. The fraction of sp³-hybridized carbons (Fsp3) is 0. The van der Waals surface area contributed by atoms with Gasteiger partial charge in [0.15, 0.2) is 0 Å². The largest absolute Gasteiger partial charge is 0.427 e. The molecule has 0 bridgehead atoms. The molecule has 0 heterocycles. The summed E-state index contributed by atoms with van der Waals surface area (Å²) in [5.74, 6) is 0. The zero-order valence-electron chi connectivity index (χ0n) is 6.24. The fourth-order valence-corrected chi connectivity index (χ4v) is 1.64. The summed E-state index contributed by atoms with van der Waals surface area (Å²) >= 11 is 11.2. The van der Waals surface area contributed by atoms with E-state index >= 15 is 0 Å². The lowest BCUT2D eigenvalue weighted by Gasteiger charge is -2.09. The van der Waals surface area contributed by atoms with Crippen molar-refractivity contribution in [1.82, 2.24) is 0 Å². The molecule has 0 fully saturated rings. The second kappa shape index (κ2) is 3.86. The van der Waals surface area contributed by atoms with Crippen molar-refractivity contribution in [2.45, 2.75) is 0 Å². The van der Waals surface area contributed by atoms with Gasteiger partial charge < -0.3 is 9.79 Å². The molecule has 0 saturated carbocycles. The van der Waals surface area contributed by atoms with Crippen LogP contribution in [0.25, 0.3) is 0 Å². The van der Waals surface area contributed by atoms with Crippen LogP contribution < -0.4 is 5.09 Å². The molecule has 72 valence electrons.